The van der Waals surface area contributed by atoms with Crippen molar-refractivity contribution >= 4 is 15.8 Å². The topological polar surface area (TPSA) is 89.3 Å². The molecular weight excluding hydrogens is 328 g/mol. The SMILES string of the molecule is CS(=O)(=O)c1cnn(C2(C(=O)O)CCC(c3ccccc3)CC2)c1. The lowest BCUT2D eigenvalue weighted by molar-refractivity contribution is -0.150. The number of hydrogen-bond acceptors (Lipinski definition) is 4. The highest BCUT2D eigenvalue weighted by atomic mass is 32.2. The van der Waals surface area contributed by atoms with Gasteiger partial charge < -0.3 is 5.11 Å². The molecule has 1 saturated carbocycles. The van der Waals surface area contributed by atoms with Crippen LogP contribution in [0.4, 0.5) is 0 Å². The summed E-state index contributed by atoms with van der Waals surface area (Å²) in [7, 11) is -3.40. The quantitative estimate of drug-likeness (QED) is 0.916. The summed E-state index contributed by atoms with van der Waals surface area (Å²) < 4.78 is 24.6. The Bertz CT molecular complexity index is 834. The maximum atomic E-state index is 12.0. The molecule has 0 atom stereocenters. The van der Waals surface area contributed by atoms with Crippen molar-refractivity contribution in [3.63, 3.8) is 0 Å². The summed E-state index contributed by atoms with van der Waals surface area (Å²) in [5, 5.41) is 13.9. The molecular formula is C17H20N2O4S. The van der Waals surface area contributed by atoms with Crippen LogP contribution >= 0.6 is 0 Å². The van der Waals surface area contributed by atoms with Crippen molar-refractivity contribution in [2.45, 2.75) is 42.0 Å². The van der Waals surface area contributed by atoms with Gasteiger partial charge in [0.2, 0.25) is 0 Å². The van der Waals surface area contributed by atoms with Crippen molar-refractivity contribution in [2.75, 3.05) is 6.26 Å². The van der Waals surface area contributed by atoms with Crippen LogP contribution in [0, 0.1) is 0 Å². The summed E-state index contributed by atoms with van der Waals surface area (Å²) in [6, 6.07) is 10.1. The molecule has 128 valence electrons. The molecule has 1 aromatic carbocycles. The normalized spacial score (nSPS) is 24.6. The maximum Gasteiger partial charge on any atom is 0.331 e. The van der Waals surface area contributed by atoms with Gasteiger partial charge in [-0.1, -0.05) is 30.3 Å². The number of carbonyl (C=O) groups is 1. The first-order valence-electron chi connectivity index (χ1n) is 7.86. The minimum absolute atomic E-state index is 0.0494. The van der Waals surface area contributed by atoms with Crippen molar-refractivity contribution in [3.8, 4) is 0 Å². The molecule has 1 fully saturated rings. The van der Waals surface area contributed by atoms with Crippen LogP contribution in [0.5, 0.6) is 0 Å². The largest absolute Gasteiger partial charge is 0.479 e. The smallest absolute Gasteiger partial charge is 0.331 e. The molecule has 1 aliphatic rings. The van der Waals surface area contributed by atoms with E-state index in [0.29, 0.717) is 18.8 Å². The van der Waals surface area contributed by atoms with E-state index < -0.39 is 21.3 Å². The van der Waals surface area contributed by atoms with Crippen LogP contribution in [-0.2, 0) is 20.2 Å². The number of carboxylic acid groups (broad SMARTS) is 1. The Kier molecular flexibility index (Phi) is 4.21. The zero-order valence-corrected chi connectivity index (χ0v) is 14.2. The van der Waals surface area contributed by atoms with Gasteiger partial charge in [-0.05, 0) is 37.2 Å². The second-order valence-electron chi connectivity index (χ2n) is 6.41. The van der Waals surface area contributed by atoms with Crippen molar-refractivity contribution < 1.29 is 18.3 Å². The molecule has 2 aromatic rings. The van der Waals surface area contributed by atoms with Crippen LogP contribution in [0.1, 0.15) is 37.2 Å². The summed E-state index contributed by atoms with van der Waals surface area (Å²) in [5.41, 5.74) is 0.0441. The summed E-state index contributed by atoms with van der Waals surface area (Å²) in [5.74, 6) is -0.638. The number of aromatic nitrogens is 2. The summed E-state index contributed by atoms with van der Waals surface area (Å²) in [6.45, 7) is 0. The number of hydrogen-bond donors (Lipinski definition) is 1. The fourth-order valence-electron chi connectivity index (χ4n) is 3.43. The molecule has 1 heterocycles. The third kappa shape index (κ3) is 2.96. The van der Waals surface area contributed by atoms with Crippen LogP contribution in [0.2, 0.25) is 0 Å². The van der Waals surface area contributed by atoms with Crippen molar-refractivity contribution in [1.82, 2.24) is 9.78 Å². The first kappa shape index (κ1) is 16.7. The number of nitrogens with zero attached hydrogens (tertiary/aromatic N) is 2. The van der Waals surface area contributed by atoms with Crippen LogP contribution in [0.25, 0.3) is 0 Å². The number of benzene rings is 1. The molecule has 0 amide bonds. The van der Waals surface area contributed by atoms with Gasteiger partial charge in [-0.2, -0.15) is 5.10 Å². The summed E-state index contributed by atoms with van der Waals surface area (Å²) >= 11 is 0. The van der Waals surface area contributed by atoms with Crippen molar-refractivity contribution in [3.05, 3.63) is 48.3 Å². The standard InChI is InChI=1S/C17H20N2O4S/c1-24(22,23)15-11-18-19(12-15)17(16(20)21)9-7-14(8-10-17)13-5-3-2-4-6-13/h2-6,11-12,14H,7-10H2,1H3,(H,20,21). The third-order valence-electron chi connectivity index (χ3n) is 4.91. The van der Waals surface area contributed by atoms with E-state index in [2.05, 4.69) is 17.2 Å². The molecule has 24 heavy (non-hydrogen) atoms. The highest BCUT2D eigenvalue weighted by Gasteiger charge is 2.45. The highest BCUT2D eigenvalue weighted by molar-refractivity contribution is 7.90. The highest BCUT2D eigenvalue weighted by Crippen LogP contribution is 2.42. The Morgan fingerprint density at radius 3 is 2.38 bits per heavy atom. The Hall–Kier alpha value is -2.15. The van der Waals surface area contributed by atoms with Gasteiger partial charge in [0, 0.05) is 12.5 Å². The lowest BCUT2D eigenvalue weighted by atomic mass is 9.74. The van der Waals surface area contributed by atoms with Crippen LogP contribution in [0.3, 0.4) is 0 Å². The molecule has 6 nitrogen and oxygen atoms in total. The Morgan fingerprint density at radius 2 is 1.88 bits per heavy atom. The summed E-state index contributed by atoms with van der Waals surface area (Å²) in [4.78, 5) is 12.0. The minimum atomic E-state index is -3.40. The van der Waals surface area contributed by atoms with Crippen LogP contribution < -0.4 is 0 Å². The molecule has 0 spiro atoms. The van der Waals surface area contributed by atoms with E-state index in [4.69, 9.17) is 0 Å². The zero-order valence-electron chi connectivity index (χ0n) is 13.4. The molecule has 7 heteroatoms. The Labute approximate surface area is 141 Å². The van der Waals surface area contributed by atoms with Gasteiger partial charge in [0.25, 0.3) is 0 Å². The van der Waals surface area contributed by atoms with E-state index in [1.807, 2.05) is 18.2 Å². The van der Waals surface area contributed by atoms with Crippen LogP contribution in [-0.4, -0.2) is 35.5 Å². The maximum absolute atomic E-state index is 12.0. The fourth-order valence-corrected chi connectivity index (χ4v) is 3.96. The predicted octanol–water partition coefficient (Wildman–Crippen LogP) is 2.42. The van der Waals surface area contributed by atoms with Gasteiger partial charge in [-0.25, -0.2) is 13.2 Å². The van der Waals surface area contributed by atoms with Gasteiger partial charge in [0.1, 0.15) is 4.90 Å². The summed E-state index contributed by atoms with van der Waals surface area (Å²) in [6.07, 6.45) is 5.96. The van der Waals surface area contributed by atoms with E-state index >= 15 is 0 Å². The van der Waals surface area contributed by atoms with E-state index in [-0.39, 0.29) is 4.90 Å². The van der Waals surface area contributed by atoms with Gasteiger partial charge in [0.05, 0.1) is 6.20 Å². The average Bonchev–Trinajstić information content (AvgIpc) is 3.06. The molecule has 1 aromatic heterocycles. The lowest BCUT2D eigenvalue weighted by Gasteiger charge is -2.37. The Morgan fingerprint density at radius 1 is 1.25 bits per heavy atom. The number of aliphatic carboxylic acids is 1. The van der Waals surface area contributed by atoms with Gasteiger partial charge in [0.15, 0.2) is 15.4 Å². The molecule has 1 N–H and O–H groups in total. The number of rotatable bonds is 4. The molecule has 0 unspecified atom stereocenters. The molecule has 0 bridgehead atoms. The lowest BCUT2D eigenvalue weighted by Crippen LogP contribution is -2.45. The van der Waals surface area contributed by atoms with Crippen molar-refractivity contribution in [1.29, 1.82) is 0 Å². The predicted molar refractivity (Wildman–Crippen MR) is 88.6 cm³/mol. The second kappa shape index (κ2) is 6.05. The van der Waals surface area contributed by atoms with E-state index in [1.165, 1.54) is 22.6 Å². The number of carboxylic acids is 1. The number of sulfone groups is 1. The first-order chi connectivity index (χ1) is 11.3. The monoisotopic (exact) mass is 348 g/mol. The van der Waals surface area contributed by atoms with E-state index in [9.17, 15) is 18.3 Å². The molecule has 3 rings (SSSR count). The molecule has 0 radical (unpaired) electrons. The molecule has 1 aliphatic carbocycles. The third-order valence-corrected chi connectivity index (χ3v) is 5.97. The molecule has 0 aliphatic heterocycles. The minimum Gasteiger partial charge on any atom is -0.479 e. The fraction of sp³-hybridized carbons (Fsp3) is 0.412. The molecule has 0 saturated heterocycles. The van der Waals surface area contributed by atoms with Crippen molar-refractivity contribution in [2.24, 2.45) is 0 Å². The van der Waals surface area contributed by atoms with E-state index in [0.717, 1.165) is 19.1 Å². The van der Waals surface area contributed by atoms with E-state index in [1.54, 1.807) is 0 Å². The average molecular weight is 348 g/mol. The second-order valence-corrected chi connectivity index (χ2v) is 8.43. The van der Waals surface area contributed by atoms with Gasteiger partial charge >= 0.3 is 5.97 Å². The van der Waals surface area contributed by atoms with Gasteiger partial charge in [-0.3, -0.25) is 4.68 Å². The Balaban J connectivity index is 1.87. The van der Waals surface area contributed by atoms with Gasteiger partial charge in [-0.15, -0.1) is 0 Å². The first-order valence-corrected chi connectivity index (χ1v) is 9.76. The zero-order chi connectivity index (χ0) is 17.4. The van der Waals surface area contributed by atoms with Crippen LogP contribution in [0.15, 0.2) is 47.6 Å².